The quantitative estimate of drug-likeness (QED) is 0.801. The van der Waals surface area contributed by atoms with E-state index in [1.54, 1.807) is 12.1 Å². The molecule has 1 heterocycles. The van der Waals surface area contributed by atoms with Crippen molar-refractivity contribution in [3.05, 3.63) is 50.7 Å². The number of nitrogens with one attached hydrogen (secondary N) is 2. The number of H-pyrrole nitrogens is 2. The fraction of sp³-hybridized carbons (Fsp3) is 0.167. The molecule has 0 radical (unpaired) electrons. The van der Waals surface area contributed by atoms with Crippen LogP contribution >= 0.6 is 0 Å². The van der Waals surface area contributed by atoms with Gasteiger partial charge in [-0.3, -0.25) is 9.78 Å². The molecule has 1 aromatic carbocycles. The third kappa shape index (κ3) is 1.95. The lowest BCUT2D eigenvalue weighted by atomic mass is 10.1. The summed E-state index contributed by atoms with van der Waals surface area (Å²) in [6.45, 7) is 2.04. The van der Waals surface area contributed by atoms with Crippen molar-refractivity contribution < 1.29 is 0 Å². The van der Waals surface area contributed by atoms with Crippen molar-refractivity contribution in [2.24, 2.45) is 0 Å². The average Bonchev–Trinajstić information content (AvgIpc) is 2.26. The van der Waals surface area contributed by atoms with E-state index in [1.165, 1.54) is 0 Å². The fourth-order valence-electron chi connectivity index (χ4n) is 1.54. The van der Waals surface area contributed by atoms with Crippen LogP contribution in [0.1, 0.15) is 18.9 Å². The zero-order chi connectivity index (χ0) is 11.5. The SMILES string of the molecule is CCC=Cc1ccc2[nH]c(=O)[nH]c(=O)c2c1. The standard InChI is InChI=1S/C12H12N2O2/c1-2-3-4-8-5-6-10-9(7-8)11(15)14-12(16)13-10/h3-7H,2H2,1H3,(H2,13,14,15,16). The molecular formula is C12H12N2O2. The third-order valence-corrected chi connectivity index (χ3v) is 2.31. The van der Waals surface area contributed by atoms with E-state index in [2.05, 4.69) is 9.97 Å². The molecule has 16 heavy (non-hydrogen) atoms. The van der Waals surface area contributed by atoms with Gasteiger partial charge in [-0.15, -0.1) is 0 Å². The fourth-order valence-corrected chi connectivity index (χ4v) is 1.54. The number of aromatic nitrogens is 2. The number of rotatable bonds is 2. The number of benzene rings is 1. The van der Waals surface area contributed by atoms with E-state index >= 15 is 0 Å². The highest BCUT2D eigenvalue weighted by atomic mass is 16.2. The van der Waals surface area contributed by atoms with Gasteiger partial charge in [-0.25, -0.2) is 4.79 Å². The zero-order valence-electron chi connectivity index (χ0n) is 8.91. The van der Waals surface area contributed by atoms with Gasteiger partial charge >= 0.3 is 5.69 Å². The summed E-state index contributed by atoms with van der Waals surface area (Å²) in [5.41, 5.74) is 0.675. The molecule has 2 aromatic rings. The van der Waals surface area contributed by atoms with E-state index in [0.717, 1.165) is 12.0 Å². The smallest absolute Gasteiger partial charge is 0.307 e. The molecule has 2 rings (SSSR count). The summed E-state index contributed by atoms with van der Waals surface area (Å²) in [5.74, 6) is 0. The van der Waals surface area contributed by atoms with Gasteiger partial charge < -0.3 is 4.98 Å². The molecule has 82 valence electrons. The Morgan fingerprint density at radius 1 is 1.25 bits per heavy atom. The van der Waals surface area contributed by atoms with Gasteiger partial charge in [-0.05, 0) is 24.1 Å². The largest absolute Gasteiger partial charge is 0.326 e. The van der Waals surface area contributed by atoms with Crippen molar-refractivity contribution in [1.82, 2.24) is 9.97 Å². The first kappa shape index (κ1) is 10.4. The maximum Gasteiger partial charge on any atom is 0.326 e. The van der Waals surface area contributed by atoms with Gasteiger partial charge in [0.15, 0.2) is 0 Å². The lowest BCUT2D eigenvalue weighted by Crippen LogP contribution is -2.21. The van der Waals surface area contributed by atoms with E-state index in [0.29, 0.717) is 10.9 Å². The second kappa shape index (κ2) is 4.18. The van der Waals surface area contributed by atoms with Crippen LogP contribution in [0.5, 0.6) is 0 Å². The van der Waals surface area contributed by atoms with Gasteiger partial charge in [0.2, 0.25) is 0 Å². The molecular weight excluding hydrogens is 204 g/mol. The van der Waals surface area contributed by atoms with Gasteiger partial charge in [-0.1, -0.05) is 25.1 Å². The summed E-state index contributed by atoms with van der Waals surface area (Å²) < 4.78 is 0. The van der Waals surface area contributed by atoms with Crippen LogP contribution < -0.4 is 11.2 Å². The summed E-state index contributed by atoms with van der Waals surface area (Å²) in [6.07, 6.45) is 4.91. The number of aromatic amines is 2. The Bertz CT molecular complexity index is 650. The van der Waals surface area contributed by atoms with Gasteiger partial charge in [-0.2, -0.15) is 0 Å². The van der Waals surface area contributed by atoms with Crippen LogP contribution in [-0.4, -0.2) is 9.97 Å². The van der Waals surface area contributed by atoms with E-state index < -0.39 is 5.69 Å². The molecule has 2 N–H and O–H groups in total. The van der Waals surface area contributed by atoms with E-state index in [-0.39, 0.29) is 5.56 Å². The number of hydrogen-bond donors (Lipinski definition) is 2. The molecule has 0 spiro atoms. The lowest BCUT2D eigenvalue weighted by molar-refractivity contribution is 1.08. The number of allylic oxidation sites excluding steroid dienone is 1. The normalized spacial score (nSPS) is 11.3. The molecule has 0 aliphatic carbocycles. The first-order valence-corrected chi connectivity index (χ1v) is 5.13. The van der Waals surface area contributed by atoms with E-state index in [4.69, 9.17) is 0 Å². The maximum atomic E-state index is 11.5. The highest BCUT2D eigenvalue weighted by Gasteiger charge is 2.00. The van der Waals surface area contributed by atoms with Crippen molar-refractivity contribution in [3.63, 3.8) is 0 Å². The first-order chi connectivity index (χ1) is 7.70. The maximum absolute atomic E-state index is 11.5. The third-order valence-electron chi connectivity index (χ3n) is 2.31. The number of fused-ring (bicyclic) bond motifs is 1. The highest BCUT2D eigenvalue weighted by Crippen LogP contribution is 2.10. The summed E-state index contributed by atoms with van der Waals surface area (Å²) in [6, 6.07) is 5.36. The zero-order valence-corrected chi connectivity index (χ0v) is 8.91. The molecule has 0 unspecified atom stereocenters. The second-order valence-electron chi connectivity index (χ2n) is 3.52. The summed E-state index contributed by atoms with van der Waals surface area (Å²) >= 11 is 0. The Balaban J connectivity index is 2.67. The molecule has 0 saturated heterocycles. The predicted molar refractivity (Wildman–Crippen MR) is 64.5 cm³/mol. The Hall–Kier alpha value is -2.10. The second-order valence-corrected chi connectivity index (χ2v) is 3.52. The lowest BCUT2D eigenvalue weighted by Gasteiger charge is -1.98. The van der Waals surface area contributed by atoms with Crippen molar-refractivity contribution >= 4 is 17.0 Å². The minimum Gasteiger partial charge on any atom is -0.307 e. The summed E-state index contributed by atoms with van der Waals surface area (Å²) in [7, 11) is 0. The van der Waals surface area contributed by atoms with Crippen LogP contribution in [0.3, 0.4) is 0 Å². The van der Waals surface area contributed by atoms with Crippen molar-refractivity contribution in [2.45, 2.75) is 13.3 Å². The molecule has 4 nitrogen and oxygen atoms in total. The van der Waals surface area contributed by atoms with Gasteiger partial charge in [0.05, 0.1) is 10.9 Å². The van der Waals surface area contributed by atoms with E-state index in [1.807, 2.05) is 25.1 Å². The first-order valence-electron chi connectivity index (χ1n) is 5.13. The van der Waals surface area contributed by atoms with Crippen molar-refractivity contribution in [1.29, 1.82) is 0 Å². The van der Waals surface area contributed by atoms with E-state index in [9.17, 15) is 9.59 Å². The minimum absolute atomic E-state index is 0.356. The van der Waals surface area contributed by atoms with Crippen molar-refractivity contribution in [2.75, 3.05) is 0 Å². The molecule has 0 atom stereocenters. The number of hydrogen-bond acceptors (Lipinski definition) is 2. The molecule has 0 fully saturated rings. The Labute approximate surface area is 91.6 Å². The Morgan fingerprint density at radius 3 is 2.81 bits per heavy atom. The van der Waals surface area contributed by atoms with Crippen LogP contribution in [0.2, 0.25) is 0 Å². The molecule has 0 amide bonds. The highest BCUT2D eigenvalue weighted by molar-refractivity contribution is 5.80. The summed E-state index contributed by atoms with van der Waals surface area (Å²) in [5, 5.41) is 0.498. The topological polar surface area (TPSA) is 65.7 Å². The van der Waals surface area contributed by atoms with Crippen molar-refractivity contribution in [3.8, 4) is 0 Å². The van der Waals surface area contributed by atoms with Gasteiger partial charge in [0.1, 0.15) is 0 Å². The summed E-state index contributed by atoms with van der Waals surface area (Å²) in [4.78, 5) is 27.3. The molecule has 0 saturated carbocycles. The van der Waals surface area contributed by atoms with Gasteiger partial charge in [0, 0.05) is 0 Å². The van der Waals surface area contributed by atoms with Crippen LogP contribution in [0.25, 0.3) is 17.0 Å². The molecule has 0 aliphatic heterocycles. The molecule has 0 bridgehead atoms. The monoisotopic (exact) mass is 216 g/mol. The van der Waals surface area contributed by atoms with Crippen LogP contribution in [0.4, 0.5) is 0 Å². The van der Waals surface area contributed by atoms with Crippen LogP contribution in [-0.2, 0) is 0 Å². The predicted octanol–water partition coefficient (Wildman–Crippen LogP) is 1.64. The Kier molecular flexibility index (Phi) is 2.72. The molecule has 4 heteroatoms. The van der Waals surface area contributed by atoms with Crippen LogP contribution in [0.15, 0.2) is 33.9 Å². The Morgan fingerprint density at radius 2 is 2.06 bits per heavy atom. The van der Waals surface area contributed by atoms with Gasteiger partial charge in [0.25, 0.3) is 5.56 Å². The molecule has 1 aromatic heterocycles. The minimum atomic E-state index is -0.477. The molecule has 0 aliphatic rings. The van der Waals surface area contributed by atoms with Crippen LogP contribution in [0, 0.1) is 0 Å². The average molecular weight is 216 g/mol.